The number of carbonyl (C=O) groups is 1. The molecule has 0 fully saturated rings. The van der Waals surface area contributed by atoms with Gasteiger partial charge in [-0.1, -0.05) is 54.6 Å². The number of ether oxygens (including phenoxy) is 1. The average molecular weight is 466 g/mol. The average Bonchev–Trinajstić information content (AvgIpc) is 2.83. The number of hydrogen-bond donors (Lipinski definition) is 0. The third-order valence-electron chi connectivity index (χ3n) is 4.65. The van der Waals surface area contributed by atoms with E-state index >= 15 is 0 Å². The molecule has 0 saturated carbocycles. The van der Waals surface area contributed by atoms with Crippen molar-refractivity contribution in [2.45, 2.75) is 0 Å². The van der Waals surface area contributed by atoms with E-state index in [2.05, 4.69) is 12.1 Å². The van der Waals surface area contributed by atoms with Crippen molar-refractivity contribution in [2.24, 2.45) is 0 Å². The van der Waals surface area contributed by atoms with Crippen molar-refractivity contribution in [1.29, 1.82) is 0 Å². The summed E-state index contributed by atoms with van der Waals surface area (Å²) in [6.45, 7) is 0. The number of rotatable bonds is 5. The minimum atomic E-state index is -4.94. The van der Waals surface area contributed by atoms with E-state index in [9.17, 15) is 4.79 Å². The molecule has 8 heteroatoms. The molecule has 1 heterocycles. The lowest BCUT2D eigenvalue weighted by Gasteiger charge is -2.17. The molecule has 0 aliphatic heterocycles. The van der Waals surface area contributed by atoms with Gasteiger partial charge in [0, 0.05) is 23.3 Å². The first-order valence-electron chi connectivity index (χ1n) is 9.73. The highest BCUT2D eigenvalue weighted by atomic mass is 35.7. The van der Waals surface area contributed by atoms with Crippen LogP contribution in [-0.2, 0) is 0 Å². The number of pyridine rings is 1. The topological polar surface area (TPSA) is 122 Å². The standard InChI is InChI=1S/C25H20NO2.ClHO4/c1-28-23-14-8-13-22(17-23)26-18-21(25(27)20-11-6-3-7-12-20)15-16-24(26)19-9-4-2-5-10-19;2-1(3,4)5/h2-18H,1H3;(H,2,3,4,5)/q+1;/p-1. The molecule has 0 saturated heterocycles. The van der Waals surface area contributed by atoms with Crippen molar-refractivity contribution in [1.82, 2.24) is 0 Å². The normalized spacial score (nSPS) is 10.7. The number of benzene rings is 3. The second-order valence-electron chi connectivity index (χ2n) is 6.81. The maximum absolute atomic E-state index is 13.0. The Kier molecular flexibility index (Phi) is 7.89. The molecule has 0 radical (unpaired) electrons. The van der Waals surface area contributed by atoms with Crippen molar-refractivity contribution in [2.75, 3.05) is 7.11 Å². The fourth-order valence-corrected chi connectivity index (χ4v) is 3.21. The summed E-state index contributed by atoms with van der Waals surface area (Å²) in [5.74, 6) is 0.764. The predicted octanol–water partition coefficient (Wildman–Crippen LogP) is 0.114. The fraction of sp³-hybridized carbons (Fsp3) is 0.0400. The molecule has 33 heavy (non-hydrogen) atoms. The highest BCUT2D eigenvalue weighted by Crippen LogP contribution is 2.20. The summed E-state index contributed by atoms with van der Waals surface area (Å²) in [6.07, 6.45) is 1.90. The number of methoxy groups -OCH3 is 1. The van der Waals surface area contributed by atoms with Crippen LogP contribution in [0.1, 0.15) is 15.9 Å². The van der Waals surface area contributed by atoms with Crippen LogP contribution in [0.4, 0.5) is 0 Å². The lowest BCUT2D eigenvalue weighted by Crippen LogP contribution is -2.68. The summed E-state index contributed by atoms with van der Waals surface area (Å²) in [6, 6.07) is 31.2. The lowest BCUT2D eigenvalue weighted by molar-refractivity contribution is -2.00. The zero-order chi connectivity index (χ0) is 23.8. The van der Waals surface area contributed by atoms with E-state index in [1.807, 2.05) is 95.7 Å². The number of nitrogens with zero attached hydrogens (tertiary/aromatic N) is 1. The van der Waals surface area contributed by atoms with Gasteiger partial charge in [0.1, 0.15) is 5.75 Å². The predicted molar refractivity (Wildman–Crippen MR) is 110 cm³/mol. The number of hydrogen-bond acceptors (Lipinski definition) is 6. The van der Waals surface area contributed by atoms with Gasteiger partial charge < -0.3 is 4.74 Å². The van der Waals surface area contributed by atoms with E-state index in [1.54, 1.807) is 7.11 Å². The van der Waals surface area contributed by atoms with Crippen LogP contribution in [0.2, 0.25) is 0 Å². The Morgan fingerprint density at radius 1 is 0.758 bits per heavy atom. The molecular weight excluding hydrogens is 446 g/mol. The van der Waals surface area contributed by atoms with Gasteiger partial charge in [0.15, 0.2) is 12.0 Å². The fourth-order valence-electron chi connectivity index (χ4n) is 3.21. The van der Waals surface area contributed by atoms with Gasteiger partial charge in [-0.05, 0) is 24.3 Å². The SMILES string of the molecule is COc1cccc(-[n+]2cc(C(=O)c3ccccc3)ccc2-c2ccccc2)c1.[O-][Cl+3]([O-])([O-])[O-]. The van der Waals surface area contributed by atoms with Crippen molar-refractivity contribution < 1.29 is 43.0 Å². The maximum Gasteiger partial charge on any atom is 0.218 e. The van der Waals surface area contributed by atoms with Gasteiger partial charge in [0.25, 0.3) is 0 Å². The molecule has 0 aliphatic carbocycles. The highest BCUT2D eigenvalue weighted by Gasteiger charge is 2.20. The van der Waals surface area contributed by atoms with Crippen LogP contribution in [0.5, 0.6) is 5.75 Å². The van der Waals surface area contributed by atoms with E-state index < -0.39 is 10.2 Å². The monoisotopic (exact) mass is 465 g/mol. The van der Waals surface area contributed by atoms with Crippen molar-refractivity contribution in [3.05, 3.63) is 114 Å². The molecule has 168 valence electrons. The number of aromatic nitrogens is 1. The lowest BCUT2D eigenvalue weighted by atomic mass is 10.0. The van der Waals surface area contributed by atoms with Gasteiger partial charge in [-0.3, -0.25) is 4.79 Å². The Morgan fingerprint density at radius 2 is 1.36 bits per heavy atom. The first kappa shape index (κ1) is 24.1. The number of ketones is 1. The first-order chi connectivity index (χ1) is 15.8. The summed E-state index contributed by atoms with van der Waals surface area (Å²) in [5.41, 5.74) is 4.31. The zero-order valence-corrected chi connectivity index (χ0v) is 18.3. The largest absolute Gasteiger partial charge is 0.497 e. The third-order valence-corrected chi connectivity index (χ3v) is 4.65. The van der Waals surface area contributed by atoms with Gasteiger partial charge in [-0.15, -0.1) is 10.2 Å². The molecule has 1 aromatic heterocycles. The zero-order valence-electron chi connectivity index (χ0n) is 17.6. The Hall–Kier alpha value is -3.59. The summed E-state index contributed by atoms with van der Waals surface area (Å²) >= 11 is 0. The quantitative estimate of drug-likeness (QED) is 0.304. The molecule has 3 aromatic carbocycles. The Balaban J connectivity index is 0.000000555. The molecular formula is C25H20ClNO6. The van der Waals surface area contributed by atoms with Gasteiger partial charge >= 0.3 is 0 Å². The van der Waals surface area contributed by atoms with Crippen LogP contribution < -0.4 is 27.9 Å². The molecule has 0 amide bonds. The summed E-state index contributed by atoms with van der Waals surface area (Å²) in [4.78, 5) is 13.0. The molecule has 0 spiro atoms. The van der Waals surface area contributed by atoms with Crippen LogP contribution in [-0.4, -0.2) is 12.9 Å². The summed E-state index contributed by atoms with van der Waals surface area (Å²) in [7, 11) is -3.29. The van der Waals surface area contributed by atoms with Crippen molar-refractivity contribution >= 4 is 5.78 Å². The van der Waals surface area contributed by atoms with Gasteiger partial charge in [0.05, 0.1) is 18.7 Å². The number of carbonyl (C=O) groups excluding carboxylic acids is 1. The van der Waals surface area contributed by atoms with Gasteiger partial charge in [-0.2, -0.15) is 4.57 Å². The molecule has 0 bridgehead atoms. The smallest absolute Gasteiger partial charge is 0.218 e. The molecule has 0 N–H and O–H groups in total. The Bertz CT molecular complexity index is 1200. The number of halogens is 1. The minimum Gasteiger partial charge on any atom is -0.497 e. The second-order valence-corrected chi connectivity index (χ2v) is 7.57. The molecule has 0 aliphatic rings. The molecule has 4 aromatic rings. The molecule has 0 unspecified atom stereocenters. The molecule has 4 rings (SSSR count). The maximum atomic E-state index is 13.0. The molecule has 0 atom stereocenters. The van der Waals surface area contributed by atoms with Crippen LogP contribution in [0.15, 0.2) is 103 Å². The van der Waals surface area contributed by atoms with E-state index in [0.717, 1.165) is 22.7 Å². The van der Waals surface area contributed by atoms with Crippen LogP contribution in [0.3, 0.4) is 0 Å². The second kappa shape index (κ2) is 10.8. The van der Waals surface area contributed by atoms with Crippen molar-refractivity contribution in [3.63, 3.8) is 0 Å². The summed E-state index contributed by atoms with van der Waals surface area (Å²) in [5, 5.41) is 0. The summed E-state index contributed by atoms with van der Waals surface area (Å²) < 4.78 is 41.4. The Labute approximate surface area is 193 Å². The van der Waals surface area contributed by atoms with Crippen molar-refractivity contribution in [3.8, 4) is 22.7 Å². The van der Waals surface area contributed by atoms with Crippen LogP contribution in [0.25, 0.3) is 16.9 Å². The molecule has 7 nitrogen and oxygen atoms in total. The van der Waals surface area contributed by atoms with E-state index in [0.29, 0.717) is 11.1 Å². The van der Waals surface area contributed by atoms with Crippen LogP contribution >= 0.6 is 0 Å². The Morgan fingerprint density at radius 3 is 1.97 bits per heavy atom. The van der Waals surface area contributed by atoms with Gasteiger partial charge in [-0.25, -0.2) is 18.6 Å². The third kappa shape index (κ3) is 6.95. The van der Waals surface area contributed by atoms with Gasteiger partial charge in [0.2, 0.25) is 11.4 Å². The first-order valence-corrected chi connectivity index (χ1v) is 11.0. The van der Waals surface area contributed by atoms with E-state index in [-0.39, 0.29) is 5.78 Å². The van der Waals surface area contributed by atoms with E-state index in [4.69, 9.17) is 23.4 Å². The minimum absolute atomic E-state index is 0.00291. The van der Waals surface area contributed by atoms with E-state index in [1.165, 1.54) is 0 Å². The van der Waals surface area contributed by atoms with Crippen LogP contribution in [0, 0.1) is 10.2 Å². The highest BCUT2D eigenvalue weighted by molar-refractivity contribution is 6.08.